The summed E-state index contributed by atoms with van der Waals surface area (Å²) in [7, 11) is 0. The number of carbonyl (C=O) groups excluding carboxylic acids is 1. The van der Waals surface area contributed by atoms with Crippen molar-refractivity contribution in [1.29, 1.82) is 0 Å². The van der Waals surface area contributed by atoms with Crippen molar-refractivity contribution in [3.63, 3.8) is 0 Å². The van der Waals surface area contributed by atoms with E-state index in [1.165, 1.54) is 11.8 Å². The molecule has 168 valence electrons. The molecule has 5 nitrogen and oxygen atoms in total. The van der Waals surface area contributed by atoms with E-state index >= 15 is 0 Å². The first-order valence-corrected chi connectivity index (χ1v) is 12.2. The van der Waals surface area contributed by atoms with Crippen molar-refractivity contribution >= 4 is 46.2 Å². The Bertz CT molecular complexity index is 1030. The Balaban J connectivity index is 1.33. The summed E-state index contributed by atoms with van der Waals surface area (Å²) < 4.78 is 5.71. The molecular formula is C25H28ClN3O2S. The Hall–Kier alpha value is -2.44. The zero-order chi connectivity index (χ0) is 22.5. The molecule has 4 rings (SSSR count). The van der Waals surface area contributed by atoms with Crippen LogP contribution in [0.25, 0.3) is 6.08 Å². The van der Waals surface area contributed by atoms with Gasteiger partial charge in [-0.3, -0.25) is 4.79 Å². The summed E-state index contributed by atoms with van der Waals surface area (Å²) in [6.45, 7) is 8.26. The van der Waals surface area contributed by atoms with E-state index in [0.29, 0.717) is 4.91 Å². The first-order chi connectivity index (χ1) is 15.5. The SMILES string of the molecule is CCCCOc1ccc(/C=C2/SC(N3CCN(c4ccc(C)c(Cl)c4)CC3)=NC2=O)cc1. The molecule has 2 aromatic rings. The molecule has 0 bridgehead atoms. The maximum Gasteiger partial charge on any atom is 0.286 e. The largest absolute Gasteiger partial charge is 0.494 e. The summed E-state index contributed by atoms with van der Waals surface area (Å²) in [6.07, 6.45) is 4.06. The highest BCUT2D eigenvalue weighted by molar-refractivity contribution is 8.18. The van der Waals surface area contributed by atoms with Crippen LogP contribution in [0.15, 0.2) is 52.4 Å². The minimum absolute atomic E-state index is 0.166. The fraction of sp³-hybridized carbons (Fsp3) is 0.360. The number of anilines is 1. The van der Waals surface area contributed by atoms with Gasteiger partial charge in [0.25, 0.3) is 5.91 Å². The number of ether oxygens (including phenoxy) is 1. The highest BCUT2D eigenvalue weighted by Crippen LogP contribution is 2.32. The summed E-state index contributed by atoms with van der Waals surface area (Å²) in [5.41, 5.74) is 3.20. The monoisotopic (exact) mass is 469 g/mol. The normalized spacial score (nSPS) is 17.8. The van der Waals surface area contributed by atoms with Crippen molar-refractivity contribution in [3.8, 4) is 5.75 Å². The number of aliphatic imine (C=N–C) groups is 1. The van der Waals surface area contributed by atoms with Gasteiger partial charge < -0.3 is 14.5 Å². The van der Waals surface area contributed by atoms with Gasteiger partial charge in [-0.25, -0.2) is 0 Å². The molecule has 7 heteroatoms. The highest BCUT2D eigenvalue weighted by Gasteiger charge is 2.28. The highest BCUT2D eigenvalue weighted by atomic mass is 35.5. The van der Waals surface area contributed by atoms with Crippen LogP contribution in [-0.4, -0.2) is 48.8 Å². The Labute approximate surface area is 199 Å². The van der Waals surface area contributed by atoms with Crippen LogP contribution in [0.3, 0.4) is 0 Å². The molecule has 1 fully saturated rings. The summed E-state index contributed by atoms with van der Waals surface area (Å²) in [5.74, 6) is 0.691. The van der Waals surface area contributed by atoms with Crippen LogP contribution in [0.1, 0.15) is 30.9 Å². The van der Waals surface area contributed by atoms with E-state index in [0.717, 1.165) is 78.4 Å². The van der Waals surface area contributed by atoms with Crippen LogP contribution in [0.2, 0.25) is 5.02 Å². The number of hydrogen-bond acceptors (Lipinski definition) is 5. The fourth-order valence-electron chi connectivity index (χ4n) is 3.61. The zero-order valence-electron chi connectivity index (χ0n) is 18.5. The number of benzene rings is 2. The molecule has 2 aliphatic heterocycles. The molecule has 0 spiro atoms. The molecule has 0 aromatic heterocycles. The number of nitrogens with zero attached hydrogens (tertiary/aromatic N) is 3. The first kappa shape index (κ1) is 22.7. The van der Waals surface area contributed by atoms with Gasteiger partial charge >= 0.3 is 0 Å². The van der Waals surface area contributed by atoms with Gasteiger partial charge in [-0.2, -0.15) is 4.99 Å². The van der Waals surface area contributed by atoms with Crippen molar-refractivity contribution in [2.24, 2.45) is 4.99 Å². The van der Waals surface area contributed by atoms with Gasteiger partial charge in [-0.1, -0.05) is 43.1 Å². The molecule has 0 N–H and O–H groups in total. The molecule has 2 aromatic carbocycles. The van der Waals surface area contributed by atoms with Gasteiger partial charge in [0.1, 0.15) is 5.75 Å². The van der Waals surface area contributed by atoms with Crippen molar-refractivity contribution in [2.75, 3.05) is 37.7 Å². The van der Waals surface area contributed by atoms with Gasteiger partial charge in [0.05, 0.1) is 11.5 Å². The lowest BCUT2D eigenvalue weighted by atomic mass is 10.2. The first-order valence-electron chi connectivity index (χ1n) is 11.0. The number of hydrogen-bond donors (Lipinski definition) is 0. The topological polar surface area (TPSA) is 45.1 Å². The van der Waals surface area contributed by atoms with Crippen LogP contribution >= 0.6 is 23.4 Å². The van der Waals surface area contributed by atoms with Crippen LogP contribution in [0.4, 0.5) is 5.69 Å². The molecule has 2 heterocycles. The average Bonchev–Trinajstić information content (AvgIpc) is 3.17. The van der Waals surface area contributed by atoms with Crippen LogP contribution in [0, 0.1) is 6.92 Å². The molecule has 1 saturated heterocycles. The minimum atomic E-state index is -0.166. The quantitative estimate of drug-likeness (QED) is 0.406. The Morgan fingerprint density at radius 3 is 2.50 bits per heavy atom. The van der Waals surface area contributed by atoms with Crippen LogP contribution in [0.5, 0.6) is 5.75 Å². The van der Waals surface area contributed by atoms with Crippen molar-refractivity contribution in [3.05, 3.63) is 63.5 Å². The third-order valence-electron chi connectivity index (χ3n) is 5.62. The second-order valence-electron chi connectivity index (χ2n) is 7.99. The third-order valence-corrected chi connectivity index (χ3v) is 7.08. The summed E-state index contributed by atoms with van der Waals surface area (Å²) >= 11 is 7.75. The van der Waals surface area contributed by atoms with Crippen molar-refractivity contribution < 1.29 is 9.53 Å². The van der Waals surface area contributed by atoms with Crippen LogP contribution < -0.4 is 9.64 Å². The van der Waals surface area contributed by atoms with Gasteiger partial charge in [0, 0.05) is 36.9 Å². The summed E-state index contributed by atoms with van der Waals surface area (Å²) in [6, 6.07) is 14.1. The Morgan fingerprint density at radius 1 is 1.09 bits per heavy atom. The van der Waals surface area contributed by atoms with Gasteiger partial charge in [0.15, 0.2) is 5.17 Å². The number of carbonyl (C=O) groups is 1. The lowest BCUT2D eigenvalue weighted by molar-refractivity contribution is -0.113. The number of piperazine rings is 1. The molecule has 0 atom stereocenters. The molecule has 1 amide bonds. The van der Waals surface area contributed by atoms with E-state index in [1.54, 1.807) is 0 Å². The molecule has 32 heavy (non-hydrogen) atoms. The van der Waals surface area contributed by atoms with E-state index in [9.17, 15) is 4.79 Å². The standard InChI is InChI=1S/C25H28ClN3O2S/c1-3-4-15-31-21-9-6-19(7-10-21)16-23-24(30)27-25(32-23)29-13-11-28(12-14-29)20-8-5-18(2)22(26)17-20/h5-10,16-17H,3-4,11-15H2,1-2H3/b23-16+. The maximum atomic E-state index is 12.5. The lowest BCUT2D eigenvalue weighted by Gasteiger charge is -2.36. The second kappa shape index (κ2) is 10.5. The number of thioether (sulfide) groups is 1. The number of rotatable bonds is 6. The van der Waals surface area contributed by atoms with E-state index in [2.05, 4.69) is 33.8 Å². The predicted molar refractivity (Wildman–Crippen MR) is 135 cm³/mol. The van der Waals surface area contributed by atoms with Crippen molar-refractivity contribution in [2.45, 2.75) is 26.7 Å². The maximum absolute atomic E-state index is 12.5. The molecule has 0 saturated carbocycles. The molecule has 2 aliphatic rings. The molecule has 0 unspecified atom stereocenters. The summed E-state index contributed by atoms with van der Waals surface area (Å²) in [5, 5.41) is 1.59. The number of unbranched alkanes of at least 4 members (excludes halogenated alkanes) is 1. The average molecular weight is 470 g/mol. The second-order valence-corrected chi connectivity index (χ2v) is 9.41. The third kappa shape index (κ3) is 5.48. The van der Waals surface area contributed by atoms with Gasteiger partial charge in [0.2, 0.25) is 0 Å². The smallest absolute Gasteiger partial charge is 0.286 e. The number of aryl methyl sites for hydroxylation is 1. The summed E-state index contributed by atoms with van der Waals surface area (Å²) in [4.78, 5) is 22.0. The predicted octanol–water partition coefficient (Wildman–Crippen LogP) is 5.62. The number of amidine groups is 1. The molecular weight excluding hydrogens is 442 g/mol. The Kier molecular flexibility index (Phi) is 7.43. The van der Waals surface area contributed by atoms with E-state index < -0.39 is 0 Å². The van der Waals surface area contributed by atoms with Gasteiger partial charge in [-0.15, -0.1) is 0 Å². The minimum Gasteiger partial charge on any atom is -0.494 e. The number of halogens is 1. The van der Waals surface area contributed by atoms with E-state index in [4.69, 9.17) is 16.3 Å². The Morgan fingerprint density at radius 2 is 1.81 bits per heavy atom. The van der Waals surface area contributed by atoms with Crippen LogP contribution in [-0.2, 0) is 4.79 Å². The molecule has 0 aliphatic carbocycles. The van der Waals surface area contributed by atoms with E-state index in [-0.39, 0.29) is 5.91 Å². The van der Waals surface area contributed by atoms with Crippen molar-refractivity contribution in [1.82, 2.24) is 4.90 Å². The lowest BCUT2D eigenvalue weighted by Crippen LogP contribution is -2.47. The van der Waals surface area contributed by atoms with Gasteiger partial charge in [-0.05, 0) is 66.6 Å². The fourth-order valence-corrected chi connectivity index (χ4v) is 4.75. The van der Waals surface area contributed by atoms with E-state index in [1.807, 2.05) is 43.3 Å². The zero-order valence-corrected chi connectivity index (χ0v) is 20.1. The molecule has 0 radical (unpaired) electrons. The number of amides is 1.